The monoisotopic (exact) mass is 255 g/mol. The van der Waals surface area contributed by atoms with Crippen molar-refractivity contribution in [3.63, 3.8) is 0 Å². The van der Waals surface area contributed by atoms with Gasteiger partial charge < -0.3 is 14.8 Å². The van der Waals surface area contributed by atoms with Crippen LogP contribution in [0, 0.1) is 12.7 Å². The van der Waals surface area contributed by atoms with E-state index in [0.717, 1.165) is 0 Å². The average molecular weight is 255 g/mol. The quantitative estimate of drug-likeness (QED) is 0.785. The van der Waals surface area contributed by atoms with Crippen LogP contribution in [0.25, 0.3) is 0 Å². The van der Waals surface area contributed by atoms with Crippen molar-refractivity contribution in [2.24, 2.45) is 0 Å². The third-order valence-electron chi connectivity index (χ3n) is 2.48. The highest BCUT2D eigenvalue weighted by molar-refractivity contribution is 5.75. The lowest BCUT2D eigenvalue weighted by Gasteiger charge is -2.16. The number of carbonyl (C=O) groups excluding carboxylic acids is 1. The molecule has 0 fully saturated rings. The van der Waals surface area contributed by atoms with Gasteiger partial charge in [0.1, 0.15) is 12.6 Å². The lowest BCUT2D eigenvalue weighted by molar-refractivity contribution is -0.146. The van der Waals surface area contributed by atoms with Gasteiger partial charge in [0.25, 0.3) is 0 Å². The van der Waals surface area contributed by atoms with Crippen LogP contribution in [-0.4, -0.2) is 32.3 Å². The van der Waals surface area contributed by atoms with Gasteiger partial charge in [-0.15, -0.1) is 0 Å². The number of ether oxygens (including phenoxy) is 2. The summed E-state index contributed by atoms with van der Waals surface area (Å²) in [6.45, 7) is 3.71. The molecule has 0 saturated carbocycles. The molecular formula is C13H18FNO3. The molecule has 18 heavy (non-hydrogen) atoms. The Morgan fingerprint density at radius 3 is 2.83 bits per heavy atom. The van der Waals surface area contributed by atoms with Gasteiger partial charge in [-0.3, -0.25) is 4.79 Å². The number of carbonyl (C=O) groups is 1. The van der Waals surface area contributed by atoms with Crippen molar-refractivity contribution in [1.82, 2.24) is 5.32 Å². The summed E-state index contributed by atoms with van der Waals surface area (Å²) in [4.78, 5) is 11.5. The molecule has 0 heterocycles. The number of hydrogen-bond acceptors (Lipinski definition) is 4. The molecule has 1 unspecified atom stereocenters. The minimum absolute atomic E-state index is 0.0235. The fraction of sp³-hybridized carbons (Fsp3) is 0.462. The lowest BCUT2D eigenvalue weighted by atomic mass is 10.2. The Kier molecular flexibility index (Phi) is 5.58. The first kappa shape index (κ1) is 14.4. The van der Waals surface area contributed by atoms with Gasteiger partial charge in [0, 0.05) is 0 Å². The van der Waals surface area contributed by atoms with E-state index in [1.807, 2.05) is 0 Å². The number of aryl methyl sites for hydroxylation is 1. The van der Waals surface area contributed by atoms with Crippen molar-refractivity contribution in [2.75, 3.05) is 20.3 Å². The fourth-order valence-electron chi connectivity index (χ4n) is 1.42. The number of esters is 1. The summed E-state index contributed by atoms with van der Waals surface area (Å²) in [5.41, 5.74) is 0.504. The molecule has 100 valence electrons. The van der Waals surface area contributed by atoms with E-state index in [4.69, 9.17) is 9.47 Å². The van der Waals surface area contributed by atoms with Gasteiger partial charge in [-0.25, -0.2) is 4.39 Å². The highest BCUT2D eigenvalue weighted by Crippen LogP contribution is 2.19. The van der Waals surface area contributed by atoms with Crippen molar-refractivity contribution in [2.45, 2.75) is 19.9 Å². The molecule has 1 aromatic rings. The van der Waals surface area contributed by atoms with E-state index in [2.05, 4.69) is 5.32 Å². The first-order valence-electron chi connectivity index (χ1n) is 5.82. The summed E-state index contributed by atoms with van der Waals surface area (Å²) >= 11 is 0. The summed E-state index contributed by atoms with van der Waals surface area (Å²) in [6.07, 6.45) is 0. The Morgan fingerprint density at radius 1 is 1.50 bits per heavy atom. The van der Waals surface area contributed by atoms with Gasteiger partial charge in [0.2, 0.25) is 0 Å². The fourth-order valence-corrected chi connectivity index (χ4v) is 1.42. The van der Waals surface area contributed by atoms with E-state index >= 15 is 0 Å². The number of likely N-dealkylation sites (N-methyl/N-ethyl adjacent to an activating group) is 1. The van der Waals surface area contributed by atoms with Crippen LogP contribution < -0.4 is 10.1 Å². The van der Waals surface area contributed by atoms with Crippen LogP contribution in [0.15, 0.2) is 18.2 Å². The summed E-state index contributed by atoms with van der Waals surface area (Å²) in [7, 11) is 1.62. The van der Waals surface area contributed by atoms with Gasteiger partial charge in [0.15, 0.2) is 11.6 Å². The average Bonchev–Trinajstić information content (AvgIpc) is 2.35. The van der Waals surface area contributed by atoms with Gasteiger partial charge >= 0.3 is 5.97 Å². The van der Waals surface area contributed by atoms with Crippen LogP contribution in [-0.2, 0) is 9.53 Å². The Balaban J connectivity index is 2.62. The zero-order chi connectivity index (χ0) is 13.5. The maximum Gasteiger partial charge on any atom is 0.326 e. The number of hydrogen-bond donors (Lipinski definition) is 1. The summed E-state index contributed by atoms with van der Waals surface area (Å²) in [5.74, 6) is -0.677. The van der Waals surface area contributed by atoms with Crippen LogP contribution in [0.3, 0.4) is 0 Å². The minimum Gasteiger partial charge on any atom is -0.488 e. The first-order chi connectivity index (χ1) is 8.60. The number of halogens is 1. The highest BCUT2D eigenvalue weighted by atomic mass is 19.1. The van der Waals surface area contributed by atoms with E-state index in [1.165, 1.54) is 6.07 Å². The minimum atomic E-state index is -0.607. The maximum atomic E-state index is 13.6. The third kappa shape index (κ3) is 3.70. The van der Waals surface area contributed by atoms with Gasteiger partial charge in [-0.1, -0.05) is 12.1 Å². The molecular weight excluding hydrogens is 237 g/mol. The van der Waals surface area contributed by atoms with E-state index in [0.29, 0.717) is 12.2 Å². The second-order valence-corrected chi connectivity index (χ2v) is 3.79. The van der Waals surface area contributed by atoms with Crippen LogP contribution in [0.1, 0.15) is 12.5 Å². The Bertz CT molecular complexity index is 409. The van der Waals surface area contributed by atoms with Crippen molar-refractivity contribution < 1.29 is 18.7 Å². The molecule has 0 radical (unpaired) electrons. The smallest absolute Gasteiger partial charge is 0.326 e. The lowest BCUT2D eigenvalue weighted by Crippen LogP contribution is -2.40. The summed E-state index contributed by atoms with van der Waals surface area (Å²) in [6, 6.07) is 4.28. The second-order valence-electron chi connectivity index (χ2n) is 3.79. The molecule has 0 amide bonds. The van der Waals surface area contributed by atoms with Crippen LogP contribution in [0.2, 0.25) is 0 Å². The molecule has 1 aromatic carbocycles. The predicted octanol–water partition coefficient (Wildman–Crippen LogP) is 1.66. The van der Waals surface area contributed by atoms with Crippen LogP contribution in [0.5, 0.6) is 5.75 Å². The zero-order valence-corrected chi connectivity index (χ0v) is 10.8. The summed E-state index contributed by atoms with van der Waals surface area (Å²) < 4.78 is 23.8. The normalized spacial score (nSPS) is 12.0. The number of rotatable bonds is 6. The molecule has 0 bridgehead atoms. The third-order valence-corrected chi connectivity index (χ3v) is 2.48. The van der Waals surface area contributed by atoms with Crippen LogP contribution in [0.4, 0.5) is 4.39 Å². The molecule has 0 aliphatic heterocycles. The molecule has 0 spiro atoms. The van der Waals surface area contributed by atoms with Crippen molar-refractivity contribution in [1.29, 1.82) is 0 Å². The second kappa shape index (κ2) is 6.96. The largest absolute Gasteiger partial charge is 0.488 e. The zero-order valence-electron chi connectivity index (χ0n) is 10.8. The Labute approximate surface area is 106 Å². The van der Waals surface area contributed by atoms with Gasteiger partial charge in [0.05, 0.1) is 6.61 Å². The molecule has 1 atom stereocenters. The molecule has 0 saturated heterocycles. The maximum absolute atomic E-state index is 13.6. The highest BCUT2D eigenvalue weighted by Gasteiger charge is 2.19. The molecule has 4 nitrogen and oxygen atoms in total. The van der Waals surface area contributed by atoms with Crippen molar-refractivity contribution >= 4 is 5.97 Å². The van der Waals surface area contributed by atoms with Gasteiger partial charge in [-0.05, 0) is 32.5 Å². The Hall–Kier alpha value is -1.62. The molecule has 5 heteroatoms. The topological polar surface area (TPSA) is 47.6 Å². The number of benzene rings is 1. The SMILES string of the molecule is CCOC(=O)C(COc1cccc(C)c1F)NC. The van der Waals surface area contributed by atoms with Crippen molar-refractivity contribution in [3.05, 3.63) is 29.6 Å². The molecule has 0 aliphatic rings. The van der Waals surface area contributed by atoms with E-state index in [-0.39, 0.29) is 12.4 Å². The molecule has 1 N–H and O–H groups in total. The Morgan fingerprint density at radius 2 is 2.22 bits per heavy atom. The first-order valence-corrected chi connectivity index (χ1v) is 5.82. The summed E-state index contributed by atoms with van der Waals surface area (Å²) in [5, 5.41) is 2.77. The predicted molar refractivity (Wildman–Crippen MR) is 66.1 cm³/mol. The van der Waals surface area contributed by atoms with Crippen molar-refractivity contribution in [3.8, 4) is 5.75 Å². The molecule has 1 rings (SSSR count). The van der Waals surface area contributed by atoms with Gasteiger partial charge in [-0.2, -0.15) is 0 Å². The molecule has 0 aliphatic carbocycles. The number of nitrogens with one attached hydrogen (secondary N) is 1. The van der Waals surface area contributed by atoms with E-state index < -0.39 is 17.8 Å². The standard InChI is InChI=1S/C13H18FNO3/c1-4-17-13(16)10(15-3)8-18-11-7-5-6-9(2)12(11)14/h5-7,10,15H,4,8H2,1-3H3. The van der Waals surface area contributed by atoms with Crippen LogP contribution >= 0.6 is 0 Å². The van der Waals surface area contributed by atoms with E-state index in [9.17, 15) is 9.18 Å². The molecule has 0 aromatic heterocycles. The van der Waals surface area contributed by atoms with E-state index in [1.54, 1.807) is 33.0 Å².